The number of hydrogen-bond donors (Lipinski definition) is 1. The van der Waals surface area contributed by atoms with E-state index in [2.05, 4.69) is 29.2 Å². The second-order valence-electron chi connectivity index (χ2n) is 8.60. The van der Waals surface area contributed by atoms with Crippen molar-refractivity contribution in [2.24, 2.45) is 0 Å². The molecule has 33 heavy (non-hydrogen) atoms. The van der Waals surface area contributed by atoms with Gasteiger partial charge in [-0.05, 0) is 38.3 Å². The van der Waals surface area contributed by atoms with Crippen LogP contribution in [-0.2, 0) is 11.3 Å². The van der Waals surface area contributed by atoms with Gasteiger partial charge in [-0.15, -0.1) is 0 Å². The summed E-state index contributed by atoms with van der Waals surface area (Å²) in [7, 11) is 0. The highest BCUT2D eigenvalue weighted by Crippen LogP contribution is 2.30. The molecule has 1 amide bonds. The van der Waals surface area contributed by atoms with Crippen LogP contribution in [0.25, 0.3) is 11.0 Å². The van der Waals surface area contributed by atoms with Gasteiger partial charge < -0.3 is 15.0 Å². The van der Waals surface area contributed by atoms with Crippen molar-refractivity contribution in [2.75, 3.05) is 31.1 Å². The first-order valence-corrected chi connectivity index (χ1v) is 12.5. The lowest BCUT2D eigenvalue weighted by molar-refractivity contribution is -0.123. The van der Waals surface area contributed by atoms with E-state index in [0.717, 1.165) is 40.7 Å². The summed E-state index contributed by atoms with van der Waals surface area (Å²) in [5.74, 6) is 1.50. The van der Waals surface area contributed by atoms with Crippen molar-refractivity contribution in [2.45, 2.75) is 57.0 Å². The molecule has 8 nitrogen and oxygen atoms in total. The minimum Gasteiger partial charge on any atom is -0.484 e. The third-order valence-electron chi connectivity index (χ3n) is 5.49. The first kappa shape index (κ1) is 23.4. The van der Waals surface area contributed by atoms with Crippen molar-refractivity contribution in [3.63, 3.8) is 0 Å². The van der Waals surface area contributed by atoms with Crippen LogP contribution in [0.1, 0.15) is 38.7 Å². The molecule has 0 saturated carbocycles. The Kier molecular flexibility index (Phi) is 7.69. The molecule has 0 bridgehead atoms. The third kappa shape index (κ3) is 6.16. The highest BCUT2D eigenvalue weighted by Gasteiger charge is 2.20. The minimum absolute atomic E-state index is 0.0145. The molecule has 1 saturated heterocycles. The highest BCUT2D eigenvalue weighted by molar-refractivity contribution is 7.99. The number of amides is 1. The lowest BCUT2D eigenvalue weighted by Gasteiger charge is -2.28. The smallest absolute Gasteiger partial charge is 0.258 e. The number of aryl methyl sites for hydroxylation is 1. The fourth-order valence-electron chi connectivity index (χ4n) is 3.83. The number of nitrogens with zero attached hydrogens (tertiary/aromatic N) is 5. The van der Waals surface area contributed by atoms with Crippen LogP contribution in [0.2, 0.25) is 0 Å². The van der Waals surface area contributed by atoms with Crippen molar-refractivity contribution in [1.82, 2.24) is 25.1 Å². The normalized spacial score (nSPS) is 14.1. The molecule has 9 heteroatoms. The van der Waals surface area contributed by atoms with E-state index < -0.39 is 0 Å². The molecule has 0 aliphatic carbocycles. The Morgan fingerprint density at radius 1 is 1.15 bits per heavy atom. The van der Waals surface area contributed by atoms with Gasteiger partial charge in [-0.2, -0.15) is 5.10 Å². The molecule has 2 aromatic heterocycles. The van der Waals surface area contributed by atoms with Gasteiger partial charge in [0.2, 0.25) is 0 Å². The third-order valence-corrected chi connectivity index (χ3v) is 6.35. The zero-order valence-electron chi connectivity index (χ0n) is 19.6. The molecule has 176 valence electrons. The maximum Gasteiger partial charge on any atom is 0.258 e. The second-order valence-corrected chi connectivity index (χ2v) is 10.1. The van der Waals surface area contributed by atoms with Gasteiger partial charge >= 0.3 is 0 Å². The Labute approximate surface area is 199 Å². The van der Waals surface area contributed by atoms with Gasteiger partial charge in [0.15, 0.2) is 17.4 Å². The summed E-state index contributed by atoms with van der Waals surface area (Å²) in [6.07, 6.45) is 5.49. The Hall–Kier alpha value is -2.81. The summed E-state index contributed by atoms with van der Waals surface area (Å²) >= 11 is 1.66. The second kappa shape index (κ2) is 10.9. The summed E-state index contributed by atoms with van der Waals surface area (Å²) < 4.78 is 7.41. The summed E-state index contributed by atoms with van der Waals surface area (Å²) in [4.78, 5) is 24.2. The van der Waals surface area contributed by atoms with Gasteiger partial charge in [-0.25, -0.2) is 14.6 Å². The Morgan fingerprint density at radius 3 is 2.64 bits per heavy atom. The van der Waals surface area contributed by atoms with Gasteiger partial charge in [-0.3, -0.25) is 4.79 Å². The number of aromatic nitrogens is 4. The number of carbonyl (C=O) groups is 1. The highest BCUT2D eigenvalue weighted by atomic mass is 32.2. The molecule has 1 aromatic carbocycles. The van der Waals surface area contributed by atoms with E-state index in [1.165, 1.54) is 19.3 Å². The van der Waals surface area contributed by atoms with Gasteiger partial charge in [0.05, 0.1) is 18.1 Å². The van der Waals surface area contributed by atoms with Crippen LogP contribution in [0.15, 0.2) is 35.6 Å². The molecule has 1 N–H and O–H groups in total. The molecule has 3 heterocycles. The van der Waals surface area contributed by atoms with Gasteiger partial charge in [0, 0.05) is 24.9 Å². The number of ether oxygens (including phenoxy) is 1. The Balaban J connectivity index is 1.41. The average molecular weight is 469 g/mol. The van der Waals surface area contributed by atoms with Gasteiger partial charge in [-0.1, -0.05) is 43.3 Å². The summed E-state index contributed by atoms with van der Waals surface area (Å²) in [5, 5.41) is 9.61. The minimum atomic E-state index is -0.160. The maximum atomic E-state index is 12.2. The molecule has 4 rings (SSSR count). The number of fused-ring (bicyclic) bond motifs is 1. The van der Waals surface area contributed by atoms with Crippen LogP contribution in [0.4, 0.5) is 5.82 Å². The van der Waals surface area contributed by atoms with E-state index in [-0.39, 0.29) is 12.5 Å². The van der Waals surface area contributed by atoms with Crippen LogP contribution in [0.5, 0.6) is 5.75 Å². The molecule has 1 aliphatic heterocycles. The Morgan fingerprint density at radius 2 is 1.91 bits per heavy atom. The fourth-order valence-corrected chi connectivity index (χ4v) is 4.53. The topological polar surface area (TPSA) is 85.2 Å². The molecule has 0 atom stereocenters. The number of hydrogen-bond acceptors (Lipinski definition) is 7. The van der Waals surface area contributed by atoms with E-state index in [4.69, 9.17) is 14.7 Å². The fraction of sp³-hybridized carbons (Fsp3) is 0.500. The van der Waals surface area contributed by atoms with E-state index in [0.29, 0.717) is 24.1 Å². The van der Waals surface area contributed by atoms with Crippen molar-refractivity contribution >= 4 is 34.5 Å². The monoisotopic (exact) mass is 468 g/mol. The van der Waals surface area contributed by atoms with Crippen molar-refractivity contribution in [1.29, 1.82) is 0 Å². The number of nitrogens with one attached hydrogen (secondary N) is 1. The predicted molar refractivity (Wildman–Crippen MR) is 132 cm³/mol. The molecule has 0 spiro atoms. The summed E-state index contributed by atoms with van der Waals surface area (Å²) in [5.41, 5.74) is 1.97. The first-order chi connectivity index (χ1) is 16.0. The van der Waals surface area contributed by atoms with Crippen LogP contribution in [-0.4, -0.2) is 57.1 Å². The maximum absolute atomic E-state index is 12.2. The predicted octanol–water partition coefficient (Wildman–Crippen LogP) is 3.82. The summed E-state index contributed by atoms with van der Waals surface area (Å²) in [6, 6.07) is 7.65. The lowest BCUT2D eigenvalue weighted by atomic mass is 10.1. The molecule has 0 unspecified atom stereocenters. The van der Waals surface area contributed by atoms with Gasteiger partial charge in [0.1, 0.15) is 11.6 Å². The molecule has 3 aromatic rings. The number of piperidine rings is 1. The van der Waals surface area contributed by atoms with Gasteiger partial charge in [0.25, 0.3) is 5.91 Å². The number of rotatable bonds is 9. The number of carbonyl (C=O) groups excluding carboxylic acids is 1. The van der Waals surface area contributed by atoms with Crippen LogP contribution in [0.3, 0.4) is 0 Å². The molecule has 0 radical (unpaired) electrons. The zero-order chi connectivity index (χ0) is 23.2. The lowest BCUT2D eigenvalue weighted by Crippen LogP contribution is -2.32. The quantitative estimate of drug-likeness (QED) is 0.377. The Bertz CT molecular complexity index is 1080. The van der Waals surface area contributed by atoms with Crippen LogP contribution < -0.4 is 15.0 Å². The standard InChI is InChI=1S/C24H32N6O2S/c1-17(2)33-24-27-22(29-12-5-4-6-13-29)20-15-26-30(23(20)28-24)14-11-25-21(31)16-32-19-9-7-18(3)8-10-19/h7-10,15,17H,4-6,11-14,16H2,1-3H3,(H,25,31). The molecule has 1 fully saturated rings. The van der Waals surface area contributed by atoms with E-state index in [1.54, 1.807) is 11.8 Å². The van der Waals surface area contributed by atoms with Crippen molar-refractivity contribution in [3.8, 4) is 5.75 Å². The molecular weight excluding hydrogens is 436 g/mol. The number of anilines is 1. The SMILES string of the molecule is Cc1ccc(OCC(=O)NCCn2ncc3c(N4CCCCC4)nc(SC(C)C)nc32)cc1. The first-order valence-electron chi connectivity index (χ1n) is 11.6. The average Bonchev–Trinajstić information content (AvgIpc) is 3.21. The number of thioether (sulfide) groups is 1. The number of benzene rings is 1. The van der Waals surface area contributed by atoms with Crippen molar-refractivity contribution < 1.29 is 9.53 Å². The van der Waals surface area contributed by atoms with E-state index in [9.17, 15) is 4.79 Å². The van der Waals surface area contributed by atoms with E-state index >= 15 is 0 Å². The van der Waals surface area contributed by atoms with E-state index in [1.807, 2.05) is 42.1 Å². The zero-order valence-corrected chi connectivity index (χ0v) is 20.4. The van der Waals surface area contributed by atoms with Crippen LogP contribution >= 0.6 is 11.8 Å². The van der Waals surface area contributed by atoms with Crippen molar-refractivity contribution in [3.05, 3.63) is 36.0 Å². The summed E-state index contributed by atoms with van der Waals surface area (Å²) in [6.45, 7) is 9.29. The molecule has 1 aliphatic rings. The molecular formula is C24H32N6O2S. The largest absolute Gasteiger partial charge is 0.484 e. The van der Waals surface area contributed by atoms with Crippen LogP contribution in [0, 0.1) is 6.92 Å².